The highest BCUT2D eigenvalue weighted by Gasteiger charge is 2.31. The molecule has 5 heteroatoms. The number of likely N-dealkylation sites (tertiary alicyclic amines) is 1. The van der Waals surface area contributed by atoms with Gasteiger partial charge in [0.1, 0.15) is 5.75 Å². The number of hydrogen-bond donors (Lipinski definition) is 1. The molecule has 2 aliphatic heterocycles. The predicted molar refractivity (Wildman–Crippen MR) is 90.6 cm³/mol. The van der Waals surface area contributed by atoms with Gasteiger partial charge in [0.05, 0.1) is 6.10 Å². The summed E-state index contributed by atoms with van der Waals surface area (Å²) in [6.45, 7) is 8.64. The average Bonchev–Trinajstić information content (AvgIpc) is 2.95. The number of carbonyl (C=O) groups excluding carboxylic acids is 1. The molecule has 0 aromatic heterocycles. The van der Waals surface area contributed by atoms with Gasteiger partial charge < -0.3 is 15.0 Å². The summed E-state index contributed by atoms with van der Waals surface area (Å²) < 4.78 is 5.93. The van der Waals surface area contributed by atoms with Gasteiger partial charge in [0, 0.05) is 37.8 Å². The summed E-state index contributed by atoms with van der Waals surface area (Å²) in [6, 6.07) is 8.71. The molecule has 5 nitrogen and oxygen atoms in total. The molecule has 1 unspecified atom stereocenters. The predicted octanol–water partition coefficient (Wildman–Crippen LogP) is 2.46. The number of carbonyl (C=O) groups is 1. The van der Waals surface area contributed by atoms with Gasteiger partial charge in [-0.25, -0.2) is 4.79 Å². The van der Waals surface area contributed by atoms with E-state index in [-0.39, 0.29) is 12.1 Å². The van der Waals surface area contributed by atoms with Crippen molar-refractivity contribution >= 4 is 6.03 Å². The van der Waals surface area contributed by atoms with Crippen LogP contribution in [0.5, 0.6) is 5.75 Å². The maximum Gasteiger partial charge on any atom is 0.317 e. The van der Waals surface area contributed by atoms with E-state index in [0.717, 1.165) is 51.3 Å². The Bertz CT molecular complexity index is 547. The fourth-order valence-corrected chi connectivity index (χ4v) is 3.51. The second-order valence-electron chi connectivity index (χ2n) is 6.73. The molecule has 1 N–H and O–H groups in total. The summed E-state index contributed by atoms with van der Waals surface area (Å²) in [5.41, 5.74) is 1.23. The van der Waals surface area contributed by atoms with Gasteiger partial charge in [-0.2, -0.15) is 0 Å². The first-order chi connectivity index (χ1) is 11.1. The van der Waals surface area contributed by atoms with Gasteiger partial charge in [-0.3, -0.25) is 4.90 Å². The lowest BCUT2D eigenvalue weighted by Gasteiger charge is -2.37. The first kappa shape index (κ1) is 16.1. The molecule has 0 bridgehead atoms. The molecule has 1 aromatic rings. The SMILES string of the molecule is CC(C)Oc1ccccc1CN1CCCC(N2CCNC2=O)C1. The highest BCUT2D eigenvalue weighted by molar-refractivity contribution is 5.76. The molecule has 2 fully saturated rings. The van der Waals surface area contributed by atoms with Gasteiger partial charge in [-0.1, -0.05) is 18.2 Å². The first-order valence-electron chi connectivity index (χ1n) is 8.65. The van der Waals surface area contributed by atoms with Crippen molar-refractivity contribution in [2.24, 2.45) is 0 Å². The topological polar surface area (TPSA) is 44.8 Å². The number of rotatable bonds is 5. The molecule has 2 saturated heterocycles. The molecule has 2 heterocycles. The summed E-state index contributed by atoms with van der Waals surface area (Å²) in [7, 11) is 0. The Balaban J connectivity index is 1.65. The number of hydrogen-bond acceptors (Lipinski definition) is 3. The van der Waals surface area contributed by atoms with E-state index in [1.54, 1.807) is 0 Å². The van der Waals surface area contributed by atoms with Crippen molar-refractivity contribution in [2.45, 2.75) is 45.4 Å². The molecule has 1 aromatic carbocycles. The first-order valence-corrected chi connectivity index (χ1v) is 8.65. The molecule has 0 radical (unpaired) electrons. The monoisotopic (exact) mass is 317 g/mol. The number of urea groups is 1. The van der Waals surface area contributed by atoms with Crippen LogP contribution >= 0.6 is 0 Å². The number of amides is 2. The quantitative estimate of drug-likeness (QED) is 0.907. The normalized spacial score (nSPS) is 22.5. The van der Waals surface area contributed by atoms with Gasteiger partial charge in [0.25, 0.3) is 0 Å². The lowest BCUT2D eigenvalue weighted by molar-refractivity contribution is 0.120. The Morgan fingerprint density at radius 3 is 2.87 bits per heavy atom. The highest BCUT2D eigenvalue weighted by atomic mass is 16.5. The van der Waals surface area contributed by atoms with Crippen molar-refractivity contribution in [3.05, 3.63) is 29.8 Å². The van der Waals surface area contributed by atoms with Crippen LogP contribution in [0.2, 0.25) is 0 Å². The minimum absolute atomic E-state index is 0.0976. The summed E-state index contributed by atoms with van der Waals surface area (Å²) in [5, 5.41) is 2.91. The van der Waals surface area contributed by atoms with E-state index in [4.69, 9.17) is 4.74 Å². The molecule has 2 aliphatic rings. The van der Waals surface area contributed by atoms with Gasteiger partial charge >= 0.3 is 6.03 Å². The average molecular weight is 317 g/mol. The molecule has 0 aliphatic carbocycles. The molecular formula is C18H27N3O2. The van der Waals surface area contributed by atoms with Crippen molar-refractivity contribution in [3.8, 4) is 5.75 Å². The van der Waals surface area contributed by atoms with Gasteiger partial charge in [-0.15, -0.1) is 0 Å². The Hall–Kier alpha value is -1.75. The van der Waals surface area contributed by atoms with Gasteiger partial charge in [0.2, 0.25) is 0 Å². The number of ether oxygens (including phenoxy) is 1. The summed E-state index contributed by atoms with van der Waals surface area (Å²) in [6.07, 6.45) is 2.42. The molecule has 0 spiro atoms. The summed E-state index contributed by atoms with van der Waals surface area (Å²) >= 11 is 0. The van der Waals surface area contributed by atoms with Gasteiger partial charge in [0.15, 0.2) is 0 Å². The van der Waals surface area contributed by atoms with Crippen LogP contribution < -0.4 is 10.1 Å². The van der Waals surface area contributed by atoms with Crippen LogP contribution in [0.15, 0.2) is 24.3 Å². The Morgan fingerprint density at radius 1 is 1.30 bits per heavy atom. The Kier molecular flexibility index (Phi) is 5.06. The largest absolute Gasteiger partial charge is 0.491 e. The van der Waals surface area contributed by atoms with E-state index in [2.05, 4.69) is 36.2 Å². The molecule has 23 heavy (non-hydrogen) atoms. The molecule has 126 valence electrons. The van der Waals surface area contributed by atoms with Crippen LogP contribution in [0.25, 0.3) is 0 Å². The summed E-state index contributed by atoms with van der Waals surface area (Å²) in [4.78, 5) is 16.3. The number of piperidine rings is 1. The third-order valence-electron chi connectivity index (χ3n) is 4.54. The zero-order valence-electron chi connectivity index (χ0n) is 14.1. The number of benzene rings is 1. The lowest BCUT2D eigenvalue weighted by atomic mass is 10.0. The second kappa shape index (κ2) is 7.21. The third kappa shape index (κ3) is 3.96. The van der Waals surface area contributed by atoms with Crippen molar-refractivity contribution in [2.75, 3.05) is 26.2 Å². The second-order valence-corrected chi connectivity index (χ2v) is 6.73. The maximum atomic E-state index is 11.9. The molecular weight excluding hydrogens is 290 g/mol. The minimum atomic E-state index is 0.0976. The third-order valence-corrected chi connectivity index (χ3v) is 4.54. The van der Waals surface area contributed by atoms with Crippen molar-refractivity contribution in [1.29, 1.82) is 0 Å². The van der Waals surface area contributed by atoms with E-state index in [9.17, 15) is 4.79 Å². The summed E-state index contributed by atoms with van der Waals surface area (Å²) in [5.74, 6) is 0.975. The van der Waals surface area contributed by atoms with Crippen LogP contribution in [-0.4, -0.2) is 54.2 Å². The Labute approximate surface area is 138 Å². The molecule has 2 amide bonds. The van der Waals surface area contributed by atoms with Crippen LogP contribution in [0.1, 0.15) is 32.3 Å². The van der Waals surface area contributed by atoms with Crippen molar-refractivity contribution < 1.29 is 9.53 Å². The molecule has 0 saturated carbocycles. The lowest BCUT2D eigenvalue weighted by Crippen LogP contribution is -2.48. The number of para-hydroxylation sites is 1. The highest BCUT2D eigenvalue weighted by Crippen LogP contribution is 2.24. The van der Waals surface area contributed by atoms with Crippen molar-refractivity contribution in [3.63, 3.8) is 0 Å². The fourth-order valence-electron chi connectivity index (χ4n) is 3.51. The fraction of sp³-hybridized carbons (Fsp3) is 0.611. The Morgan fingerprint density at radius 2 is 2.13 bits per heavy atom. The number of nitrogens with one attached hydrogen (secondary N) is 1. The van der Waals surface area contributed by atoms with E-state index >= 15 is 0 Å². The van der Waals surface area contributed by atoms with E-state index in [1.807, 2.05) is 17.0 Å². The smallest absolute Gasteiger partial charge is 0.317 e. The zero-order valence-corrected chi connectivity index (χ0v) is 14.1. The van der Waals surface area contributed by atoms with Gasteiger partial charge in [-0.05, 0) is 39.3 Å². The number of nitrogens with zero attached hydrogens (tertiary/aromatic N) is 2. The standard InChI is InChI=1S/C18H27N3O2/c1-14(2)23-17-8-4-3-6-15(17)12-20-10-5-7-16(13-20)21-11-9-19-18(21)22/h3-4,6,8,14,16H,5,7,9-13H2,1-2H3,(H,19,22). The molecule has 1 atom stereocenters. The van der Waals surface area contributed by atoms with E-state index in [1.165, 1.54) is 5.56 Å². The zero-order chi connectivity index (χ0) is 16.2. The van der Waals surface area contributed by atoms with E-state index < -0.39 is 0 Å². The van der Waals surface area contributed by atoms with Crippen LogP contribution in [0.3, 0.4) is 0 Å². The maximum absolute atomic E-state index is 11.9. The van der Waals surface area contributed by atoms with Crippen LogP contribution in [-0.2, 0) is 6.54 Å². The van der Waals surface area contributed by atoms with E-state index in [0.29, 0.717) is 6.04 Å². The van der Waals surface area contributed by atoms with Crippen LogP contribution in [0.4, 0.5) is 4.79 Å². The van der Waals surface area contributed by atoms with Crippen molar-refractivity contribution in [1.82, 2.24) is 15.1 Å². The van der Waals surface area contributed by atoms with Crippen LogP contribution in [0, 0.1) is 0 Å². The molecule has 3 rings (SSSR count). The minimum Gasteiger partial charge on any atom is -0.491 e.